The first-order valence-electron chi connectivity index (χ1n) is 11.6. The number of nitriles is 1. The highest BCUT2D eigenvalue weighted by Crippen LogP contribution is 2.26. The van der Waals surface area contributed by atoms with Crippen LogP contribution in [0.5, 0.6) is 5.75 Å². The van der Waals surface area contributed by atoms with Crippen LogP contribution in [0.1, 0.15) is 11.3 Å². The van der Waals surface area contributed by atoms with Gasteiger partial charge in [0.15, 0.2) is 5.82 Å². The van der Waals surface area contributed by atoms with Crippen molar-refractivity contribution in [3.05, 3.63) is 105 Å². The van der Waals surface area contributed by atoms with Crippen molar-refractivity contribution in [1.29, 1.82) is 5.26 Å². The highest BCUT2D eigenvalue weighted by Gasteiger charge is 2.13. The molecular weight excluding hydrogens is 518 g/mol. The number of aromatic nitrogens is 3. The number of ether oxygens (including phenoxy) is 1. The molecule has 0 aliphatic rings. The number of hydrogen-bond acceptors (Lipinski definition) is 8. The number of anilines is 3. The predicted molar refractivity (Wildman–Crippen MR) is 151 cm³/mol. The van der Waals surface area contributed by atoms with Crippen LogP contribution in [0.15, 0.2) is 89.3 Å². The zero-order valence-corrected chi connectivity index (χ0v) is 22.1. The molecule has 0 radical (unpaired) electrons. The Labute approximate surface area is 228 Å². The fraction of sp³-hybridized carbons (Fsp3) is 0.0714. The van der Waals surface area contributed by atoms with Gasteiger partial charge in [-0.05, 0) is 61.0 Å². The van der Waals surface area contributed by atoms with Gasteiger partial charge >= 0.3 is 0 Å². The molecule has 2 N–H and O–H groups in total. The number of rotatable bonds is 7. The van der Waals surface area contributed by atoms with E-state index < -0.39 is 0 Å². The minimum Gasteiger partial charge on any atom is -0.497 e. The molecule has 0 unspecified atom stereocenters. The topological polar surface area (TPSA) is 100 Å². The summed E-state index contributed by atoms with van der Waals surface area (Å²) in [7, 11) is 1.61. The summed E-state index contributed by atoms with van der Waals surface area (Å²) >= 11 is 7.59. The smallest absolute Gasteiger partial charge is 0.245 e. The average molecular weight is 540 g/mol. The molecule has 2 aromatic heterocycles. The van der Waals surface area contributed by atoms with Crippen molar-refractivity contribution in [2.24, 2.45) is 5.10 Å². The van der Waals surface area contributed by atoms with E-state index >= 15 is 0 Å². The Hall–Kier alpha value is -4.65. The lowest BCUT2D eigenvalue weighted by Crippen LogP contribution is -2.16. The van der Waals surface area contributed by atoms with Gasteiger partial charge < -0.3 is 10.1 Å². The normalized spacial score (nSPS) is 11.2. The van der Waals surface area contributed by atoms with Gasteiger partial charge in [-0.15, -0.1) is 16.4 Å². The first kappa shape index (κ1) is 25.0. The van der Waals surface area contributed by atoms with Gasteiger partial charge in [0.25, 0.3) is 0 Å². The van der Waals surface area contributed by atoms with E-state index in [1.54, 1.807) is 14.0 Å². The Morgan fingerprint density at radius 3 is 2.42 bits per heavy atom. The van der Waals surface area contributed by atoms with Crippen LogP contribution >= 0.6 is 22.9 Å². The Bertz CT molecular complexity index is 1670. The Balaban J connectivity index is 1.52. The van der Waals surface area contributed by atoms with Crippen molar-refractivity contribution < 1.29 is 4.74 Å². The van der Waals surface area contributed by atoms with Crippen LogP contribution in [0.2, 0.25) is 5.02 Å². The molecule has 5 aromatic rings. The summed E-state index contributed by atoms with van der Waals surface area (Å²) in [5.41, 5.74) is 7.56. The fourth-order valence-electron chi connectivity index (χ4n) is 3.79. The Morgan fingerprint density at radius 2 is 1.74 bits per heavy atom. The van der Waals surface area contributed by atoms with Crippen molar-refractivity contribution in [2.45, 2.75) is 6.92 Å². The average Bonchev–Trinajstić information content (AvgIpc) is 3.37. The van der Waals surface area contributed by atoms with E-state index in [0.29, 0.717) is 26.9 Å². The van der Waals surface area contributed by atoms with Gasteiger partial charge in [0.05, 0.1) is 18.5 Å². The first-order valence-corrected chi connectivity index (χ1v) is 12.8. The van der Waals surface area contributed by atoms with Gasteiger partial charge in [0.1, 0.15) is 17.4 Å². The lowest BCUT2D eigenvalue weighted by molar-refractivity contribution is 0.415. The molecular formula is C28H22ClN7OS. The van der Waals surface area contributed by atoms with Crippen LogP contribution in [-0.4, -0.2) is 21.6 Å². The molecule has 0 aliphatic heterocycles. The summed E-state index contributed by atoms with van der Waals surface area (Å²) < 4.78 is 7.27. The molecule has 0 aliphatic carbocycles. The molecule has 8 nitrogen and oxygen atoms in total. The number of nitrogens with zero attached hydrogens (tertiary/aromatic N) is 5. The van der Waals surface area contributed by atoms with E-state index in [-0.39, 0.29) is 5.95 Å². The number of nitrogens with one attached hydrogen (secondary N) is 2. The van der Waals surface area contributed by atoms with Crippen molar-refractivity contribution in [3.63, 3.8) is 0 Å². The second kappa shape index (κ2) is 11.2. The number of benzene rings is 3. The van der Waals surface area contributed by atoms with E-state index in [1.165, 1.54) is 11.3 Å². The number of methoxy groups -OCH3 is 1. The molecule has 38 heavy (non-hydrogen) atoms. The fourth-order valence-corrected chi connectivity index (χ4v) is 4.79. The van der Waals surface area contributed by atoms with Crippen molar-refractivity contribution in [1.82, 2.24) is 14.5 Å². The third kappa shape index (κ3) is 5.37. The highest BCUT2D eigenvalue weighted by molar-refractivity contribution is 7.07. The third-order valence-electron chi connectivity index (χ3n) is 5.67. The van der Waals surface area contributed by atoms with Gasteiger partial charge in [-0.3, -0.25) is 4.57 Å². The van der Waals surface area contributed by atoms with E-state index in [2.05, 4.69) is 31.9 Å². The minimum absolute atomic E-state index is 0.263. The number of para-hydroxylation sites is 1. The number of thiazole rings is 1. The van der Waals surface area contributed by atoms with Crippen molar-refractivity contribution in [3.8, 4) is 28.8 Å². The van der Waals surface area contributed by atoms with Crippen LogP contribution in [0.4, 0.5) is 17.5 Å². The lowest BCUT2D eigenvalue weighted by Gasteiger charge is -2.11. The van der Waals surface area contributed by atoms with Gasteiger partial charge in [-0.1, -0.05) is 41.9 Å². The van der Waals surface area contributed by atoms with Gasteiger partial charge in [0.2, 0.25) is 10.7 Å². The summed E-state index contributed by atoms with van der Waals surface area (Å²) in [6.07, 6.45) is 0. The summed E-state index contributed by atoms with van der Waals surface area (Å²) in [4.78, 5) is 9.67. The molecule has 2 heterocycles. The Morgan fingerprint density at radius 1 is 1.00 bits per heavy atom. The van der Waals surface area contributed by atoms with E-state index in [0.717, 1.165) is 28.4 Å². The zero-order valence-electron chi connectivity index (χ0n) is 20.5. The predicted octanol–water partition coefficient (Wildman–Crippen LogP) is 6.51. The minimum atomic E-state index is 0.263. The highest BCUT2D eigenvalue weighted by atomic mass is 35.5. The molecule has 0 saturated carbocycles. The quantitative estimate of drug-likeness (QED) is 0.229. The van der Waals surface area contributed by atoms with E-state index in [9.17, 15) is 5.26 Å². The molecule has 188 valence electrons. The molecule has 0 bridgehead atoms. The molecule has 0 amide bonds. The second-order valence-electron chi connectivity index (χ2n) is 8.13. The summed E-state index contributed by atoms with van der Waals surface area (Å²) in [5.74, 6) is 1.38. The van der Waals surface area contributed by atoms with Crippen LogP contribution in [0, 0.1) is 18.3 Å². The maximum atomic E-state index is 9.71. The third-order valence-corrected chi connectivity index (χ3v) is 6.75. The summed E-state index contributed by atoms with van der Waals surface area (Å²) in [5, 5.41) is 20.3. The molecule has 0 fully saturated rings. The molecule has 0 atom stereocenters. The van der Waals surface area contributed by atoms with E-state index in [4.69, 9.17) is 16.3 Å². The zero-order chi connectivity index (χ0) is 26.5. The molecule has 0 spiro atoms. The Kier molecular flexibility index (Phi) is 7.35. The van der Waals surface area contributed by atoms with Crippen LogP contribution in [-0.2, 0) is 0 Å². The molecule has 0 saturated heterocycles. The van der Waals surface area contributed by atoms with E-state index in [1.807, 2.05) is 88.8 Å². The lowest BCUT2D eigenvalue weighted by atomic mass is 10.1. The van der Waals surface area contributed by atoms with Crippen molar-refractivity contribution in [2.75, 3.05) is 17.9 Å². The summed E-state index contributed by atoms with van der Waals surface area (Å²) in [6.45, 7) is 1.76. The summed E-state index contributed by atoms with van der Waals surface area (Å²) in [6, 6.07) is 27.2. The van der Waals surface area contributed by atoms with Gasteiger partial charge in [-0.2, -0.15) is 10.2 Å². The van der Waals surface area contributed by atoms with Crippen LogP contribution in [0.3, 0.4) is 0 Å². The first-order chi connectivity index (χ1) is 18.6. The SMILES string of the molecule is COc1ccc(Nc2nc(NN=c3scc(-c4ccc(Cl)cc4)n3-c3ccccc3)nc(C)c2C#N)cc1. The molecule has 3 aromatic carbocycles. The van der Waals surface area contributed by atoms with Gasteiger partial charge in [-0.25, -0.2) is 10.4 Å². The maximum absolute atomic E-state index is 9.71. The number of hydrogen-bond donors (Lipinski definition) is 2. The van der Waals surface area contributed by atoms with Gasteiger partial charge in [0, 0.05) is 21.8 Å². The number of aryl methyl sites for hydroxylation is 1. The van der Waals surface area contributed by atoms with Crippen LogP contribution in [0.25, 0.3) is 16.9 Å². The standard InChI is InChI=1S/C28H22ClN7OS/c1-18-24(16-30)26(32-21-12-14-23(37-2)15-13-21)33-27(31-18)34-35-28-36(22-6-4-3-5-7-22)25(17-38-28)19-8-10-20(29)11-9-19/h3-15,17H,1-2H3,(H2,31,32,33,34). The monoisotopic (exact) mass is 539 g/mol. The maximum Gasteiger partial charge on any atom is 0.245 e. The van der Waals surface area contributed by atoms with Crippen LogP contribution < -0.4 is 20.3 Å². The molecule has 5 rings (SSSR count). The van der Waals surface area contributed by atoms with Crippen molar-refractivity contribution >= 4 is 40.4 Å². The largest absolute Gasteiger partial charge is 0.497 e. The number of halogens is 1. The second-order valence-corrected chi connectivity index (χ2v) is 9.40. The molecule has 10 heteroatoms.